The number of hydrogen-bond acceptors (Lipinski definition) is 5. The number of nitrogens with two attached hydrogens (primary N) is 1. The van der Waals surface area contributed by atoms with E-state index in [-0.39, 0.29) is 12.3 Å². The molecule has 1 unspecified atom stereocenters. The molecule has 0 aromatic heterocycles. The van der Waals surface area contributed by atoms with Gasteiger partial charge in [0.1, 0.15) is 5.75 Å². The van der Waals surface area contributed by atoms with Crippen molar-refractivity contribution < 1.29 is 14.5 Å². The number of carbonyl (C=O) groups excluding carboxylic acids is 1. The second-order valence-electron chi connectivity index (χ2n) is 4.75. The number of benzene rings is 1. The second kappa shape index (κ2) is 6.33. The predicted molar refractivity (Wildman–Crippen MR) is 74.6 cm³/mol. The van der Waals surface area contributed by atoms with Gasteiger partial charge in [-0.05, 0) is 32.5 Å². The highest BCUT2D eigenvalue weighted by molar-refractivity contribution is 5.84. The largest absolute Gasteiger partial charge is 0.493 e. The third-order valence-electron chi connectivity index (χ3n) is 3.32. The zero-order valence-electron chi connectivity index (χ0n) is 11.8. The Bertz CT molecular complexity index is 518. The lowest BCUT2D eigenvalue weighted by Gasteiger charge is -2.25. The summed E-state index contributed by atoms with van der Waals surface area (Å²) in [6.07, 6.45) is 0.398. The predicted octanol–water partition coefficient (Wildman–Crippen LogP) is 1.14. The Labute approximate surface area is 117 Å². The average Bonchev–Trinajstić information content (AvgIpc) is 2.39. The number of primary amides is 1. The van der Waals surface area contributed by atoms with E-state index in [1.807, 2.05) is 0 Å². The normalized spacial score (nSPS) is 13.6. The van der Waals surface area contributed by atoms with Crippen LogP contribution in [0.3, 0.4) is 0 Å². The molecule has 20 heavy (non-hydrogen) atoms. The summed E-state index contributed by atoms with van der Waals surface area (Å²) >= 11 is 0. The van der Waals surface area contributed by atoms with E-state index >= 15 is 0 Å². The average molecular weight is 281 g/mol. The molecule has 1 aromatic rings. The number of aryl methyl sites for hydroxylation is 1. The van der Waals surface area contributed by atoms with Gasteiger partial charge in [0.2, 0.25) is 5.91 Å². The van der Waals surface area contributed by atoms with E-state index in [4.69, 9.17) is 10.5 Å². The van der Waals surface area contributed by atoms with Gasteiger partial charge in [0.25, 0.3) is 5.69 Å². The SMILES string of the molecule is CNC(C)(CCOc1ccc([N+](=O)[O-])cc1C)C(N)=O. The maximum absolute atomic E-state index is 11.3. The van der Waals surface area contributed by atoms with E-state index < -0.39 is 16.4 Å². The summed E-state index contributed by atoms with van der Waals surface area (Å²) in [5, 5.41) is 13.5. The van der Waals surface area contributed by atoms with Crippen molar-refractivity contribution in [1.29, 1.82) is 0 Å². The highest BCUT2D eigenvalue weighted by atomic mass is 16.6. The molecule has 0 saturated heterocycles. The van der Waals surface area contributed by atoms with Crippen LogP contribution in [0.2, 0.25) is 0 Å². The molecular weight excluding hydrogens is 262 g/mol. The van der Waals surface area contributed by atoms with Gasteiger partial charge in [0, 0.05) is 18.6 Å². The Kier molecular flexibility index (Phi) is 5.04. The number of ether oxygens (including phenoxy) is 1. The fraction of sp³-hybridized carbons (Fsp3) is 0.462. The van der Waals surface area contributed by atoms with Crippen molar-refractivity contribution in [3.63, 3.8) is 0 Å². The second-order valence-corrected chi connectivity index (χ2v) is 4.75. The molecule has 0 saturated carbocycles. The highest BCUT2D eigenvalue weighted by Crippen LogP contribution is 2.23. The molecule has 1 aromatic carbocycles. The fourth-order valence-electron chi connectivity index (χ4n) is 1.65. The number of carbonyl (C=O) groups is 1. The van der Waals surface area contributed by atoms with Gasteiger partial charge in [-0.15, -0.1) is 0 Å². The summed E-state index contributed by atoms with van der Waals surface area (Å²) in [6, 6.07) is 4.38. The minimum Gasteiger partial charge on any atom is -0.493 e. The van der Waals surface area contributed by atoms with Gasteiger partial charge in [-0.2, -0.15) is 0 Å². The van der Waals surface area contributed by atoms with Gasteiger partial charge in [-0.3, -0.25) is 14.9 Å². The minimum absolute atomic E-state index is 0.0204. The summed E-state index contributed by atoms with van der Waals surface area (Å²) in [7, 11) is 1.65. The first-order chi connectivity index (χ1) is 9.30. The van der Waals surface area contributed by atoms with Crippen LogP contribution >= 0.6 is 0 Å². The van der Waals surface area contributed by atoms with Gasteiger partial charge in [-0.25, -0.2) is 0 Å². The maximum atomic E-state index is 11.3. The third-order valence-corrected chi connectivity index (χ3v) is 3.32. The lowest BCUT2D eigenvalue weighted by atomic mass is 9.98. The van der Waals surface area contributed by atoms with Crippen LogP contribution < -0.4 is 15.8 Å². The molecule has 1 rings (SSSR count). The molecule has 110 valence electrons. The molecule has 0 radical (unpaired) electrons. The van der Waals surface area contributed by atoms with Crippen LogP contribution in [-0.4, -0.2) is 30.0 Å². The van der Waals surface area contributed by atoms with Crippen molar-refractivity contribution >= 4 is 11.6 Å². The van der Waals surface area contributed by atoms with Crippen LogP contribution in [0.1, 0.15) is 18.9 Å². The van der Waals surface area contributed by atoms with Crippen LogP contribution in [0.4, 0.5) is 5.69 Å². The topological polar surface area (TPSA) is 107 Å². The Morgan fingerprint density at radius 3 is 2.65 bits per heavy atom. The van der Waals surface area contributed by atoms with Crippen LogP contribution in [0.15, 0.2) is 18.2 Å². The first kappa shape index (κ1) is 15.9. The van der Waals surface area contributed by atoms with Gasteiger partial charge in [-0.1, -0.05) is 0 Å². The molecule has 3 N–H and O–H groups in total. The highest BCUT2D eigenvalue weighted by Gasteiger charge is 2.28. The van der Waals surface area contributed by atoms with Gasteiger partial charge < -0.3 is 15.8 Å². The van der Waals surface area contributed by atoms with Crippen molar-refractivity contribution in [1.82, 2.24) is 5.32 Å². The summed E-state index contributed by atoms with van der Waals surface area (Å²) < 4.78 is 5.55. The van der Waals surface area contributed by atoms with E-state index in [9.17, 15) is 14.9 Å². The molecule has 0 fully saturated rings. The minimum atomic E-state index is -0.839. The molecule has 1 atom stereocenters. The van der Waals surface area contributed by atoms with E-state index in [2.05, 4.69) is 5.32 Å². The number of likely N-dealkylation sites (N-methyl/N-ethyl adjacent to an activating group) is 1. The molecular formula is C13H19N3O4. The Morgan fingerprint density at radius 2 is 2.20 bits per heavy atom. The summed E-state index contributed by atoms with van der Waals surface area (Å²) in [5.41, 5.74) is 5.16. The monoisotopic (exact) mass is 281 g/mol. The van der Waals surface area contributed by atoms with Gasteiger partial charge in [0.05, 0.1) is 17.1 Å². The number of nitrogens with zero attached hydrogens (tertiary/aromatic N) is 1. The number of non-ortho nitro benzene ring substituents is 1. The van der Waals surface area contributed by atoms with E-state index in [0.717, 1.165) is 0 Å². The standard InChI is InChI=1S/C13H19N3O4/c1-9-8-10(16(18)19)4-5-11(9)20-7-6-13(2,15-3)12(14)17/h4-5,8,15H,6-7H2,1-3H3,(H2,14,17). The first-order valence-electron chi connectivity index (χ1n) is 6.17. The third kappa shape index (κ3) is 3.67. The van der Waals surface area contributed by atoms with Gasteiger partial charge in [0.15, 0.2) is 0 Å². The molecule has 1 amide bonds. The van der Waals surface area contributed by atoms with Crippen LogP contribution in [0, 0.1) is 17.0 Å². The number of nitro benzene ring substituents is 1. The molecule has 7 nitrogen and oxygen atoms in total. The van der Waals surface area contributed by atoms with Crippen molar-refractivity contribution in [2.24, 2.45) is 5.73 Å². The quantitative estimate of drug-likeness (QED) is 0.575. The van der Waals surface area contributed by atoms with Crippen molar-refractivity contribution in [2.45, 2.75) is 25.8 Å². The molecule has 0 aliphatic carbocycles. The van der Waals surface area contributed by atoms with E-state index in [1.165, 1.54) is 12.1 Å². The van der Waals surface area contributed by atoms with Crippen molar-refractivity contribution in [3.05, 3.63) is 33.9 Å². The zero-order valence-corrected chi connectivity index (χ0v) is 11.8. The van der Waals surface area contributed by atoms with Crippen LogP contribution in [-0.2, 0) is 4.79 Å². The number of nitrogens with one attached hydrogen (secondary N) is 1. The van der Waals surface area contributed by atoms with Crippen molar-refractivity contribution in [2.75, 3.05) is 13.7 Å². The number of hydrogen-bond donors (Lipinski definition) is 2. The molecule has 0 aliphatic rings. The number of amides is 1. The molecule has 0 bridgehead atoms. The summed E-state index contributed by atoms with van der Waals surface area (Å²) in [6.45, 7) is 3.70. The number of nitro groups is 1. The summed E-state index contributed by atoms with van der Waals surface area (Å²) in [5.74, 6) is 0.0996. The van der Waals surface area contributed by atoms with Crippen LogP contribution in [0.25, 0.3) is 0 Å². The Morgan fingerprint density at radius 1 is 1.55 bits per heavy atom. The fourth-order valence-corrected chi connectivity index (χ4v) is 1.65. The zero-order chi connectivity index (χ0) is 15.3. The molecule has 7 heteroatoms. The molecule has 0 heterocycles. The Balaban J connectivity index is 2.67. The molecule has 0 aliphatic heterocycles. The van der Waals surface area contributed by atoms with Crippen LogP contribution in [0.5, 0.6) is 5.75 Å². The van der Waals surface area contributed by atoms with E-state index in [1.54, 1.807) is 27.0 Å². The van der Waals surface area contributed by atoms with Crippen molar-refractivity contribution in [3.8, 4) is 5.75 Å². The smallest absolute Gasteiger partial charge is 0.269 e. The lowest BCUT2D eigenvalue weighted by Crippen LogP contribution is -2.52. The van der Waals surface area contributed by atoms with Gasteiger partial charge >= 0.3 is 0 Å². The van der Waals surface area contributed by atoms with E-state index in [0.29, 0.717) is 17.7 Å². The lowest BCUT2D eigenvalue weighted by molar-refractivity contribution is -0.384. The first-order valence-corrected chi connectivity index (χ1v) is 6.17. The maximum Gasteiger partial charge on any atom is 0.269 e. The Hall–Kier alpha value is -2.15. The number of rotatable bonds is 7. The molecule has 0 spiro atoms. The summed E-state index contributed by atoms with van der Waals surface area (Å²) in [4.78, 5) is 21.5.